The first kappa shape index (κ1) is 23.1. The number of hydrogen-bond donors (Lipinski definition) is 1. The number of aromatic nitrogens is 2. The molecular weight excluding hydrogens is 422 g/mol. The maximum atomic E-state index is 9.83. The van der Waals surface area contributed by atoms with E-state index in [0.29, 0.717) is 36.1 Å². The summed E-state index contributed by atoms with van der Waals surface area (Å²) in [4.78, 5) is 7.91. The van der Waals surface area contributed by atoms with Crippen LogP contribution in [-0.2, 0) is 6.61 Å². The van der Waals surface area contributed by atoms with E-state index in [1.54, 1.807) is 0 Å². The van der Waals surface area contributed by atoms with Gasteiger partial charge < -0.3 is 14.5 Å². The molecule has 0 aliphatic carbocycles. The Hall–Kier alpha value is -4.04. The fourth-order valence-corrected chi connectivity index (χ4v) is 3.83. The molecule has 5 nitrogen and oxygen atoms in total. The van der Waals surface area contributed by atoms with Gasteiger partial charge in [0.05, 0.1) is 23.2 Å². The molecule has 0 bridgehead atoms. The lowest BCUT2D eigenvalue weighted by atomic mass is 10.1. The van der Waals surface area contributed by atoms with Crippen LogP contribution in [0.4, 0.5) is 0 Å². The Morgan fingerprint density at radius 2 is 1.74 bits per heavy atom. The number of aromatic amines is 1. The van der Waals surface area contributed by atoms with Crippen LogP contribution in [0.5, 0.6) is 11.5 Å². The van der Waals surface area contributed by atoms with Gasteiger partial charge in [0.2, 0.25) is 0 Å². The number of imidazole rings is 1. The highest BCUT2D eigenvalue weighted by Gasteiger charge is 2.12. The number of rotatable bonds is 7. The Morgan fingerprint density at radius 3 is 2.50 bits per heavy atom. The van der Waals surface area contributed by atoms with Gasteiger partial charge in [0, 0.05) is 0 Å². The summed E-state index contributed by atoms with van der Waals surface area (Å²) >= 11 is 0. The van der Waals surface area contributed by atoms with Crippen molar-refractivity contribution in [2.75, 3.05) is 6.61 Å². The van der Waals surface area contributed by atoms with E-state index in [1.807, 2.05) is 37.3 Å². The van der Waals surface area contributed by atoms with Gasteiger partial charge >= 0.3 is 0 Å². The van der Waals surface area contributed by atoms with Crippen molar-refractivity contribution in [3.8, 4) is 17.6 Å². The Balaban J connectivity index is 1.62. The summed E-state index contributed by atoms with van der Waals surface area (Å²) in [7, 11) is 0. The van der Waals surface area contributed by atoms with Crippen LogP contribution in [0.2, 0.25) is 0 Å². The molecule has 0 unspecified atom stereocenters. The number of ether oxygens (including phenoxy) is 2. The van der Waals surface area contributed by atoms with Gasteiger partial charge in [0.25, 0.3) is 0 Å². The molecule has 0 amide bonds. The van der Waals surface area contributed by atoms with Crippen molar-refractivity contribution in [3.63, 3.8) is 0 Å². The first-order chi connectivity index (χ1) is 16.4. The molecule has 34 heavy (non-hydrogen) atoms. The molecule has 0 fully saturated rings. The van der Waals surface area contributed by atoms with Crippen LogP contribution in [0.1, 0.15) is 46.1 Å². The summed E-state index contributed by atoms with van der Waals surface area (Å²) in [5.41, 5.74) is 8.97. The molecule has 0 aliphatic heterocycles. The third kappa shape index (κ3) is 4.97. The van der Waals surface area contributed by atoms with Crippen molar-refractivity contribution in [1.82, 2.24) is 9.97 Å². The lowest BCUT2D eigenvalue weighted by Gasteiger charge is -2.14. The van der Waals surface area contributed by atoms with Gasteiger partial charge in [-0.2, -0.15) is 5.26 Å². The van der Waals surface area contributed by atoms with E-state index in [0.717, 1.165) is 22.2 Å². The smallest absolute Gasteiger partial charge is 0.161 e. The Labute approximate surface area is 200 Å². The standard InChI is InChI=1S/C29H29N3O2/c1-6-33-28-15-22(9-10-27(28)34-17-24-11-18(2)7-8-19(24)3)14-23(16-30)29-31-25-12-20(4)21(5)13-26(25)32-29/h7-15H,6,17H2,1-5H3,(H,31,32)/b23-14-. The minimum Gasteiger partial charge on any atom is -0.490 e. The lowest BCUT2D eigenvalue weighted by Crippen LogP contribution is -2.01. The predicted octanol–water partition coefficient (Wildman–Crippen LogP) is 6.84. The fraction of sp³-hybridized carbons (Fsp3) is 0.241. The second kappa shape index (κ2) is 9.84. The summed E-state index contributed by atoms with van der Waals surface area (Å²) in [5.74, 6) is 1.87. The Morgan fingerprint density at radius 1 is 0.941 bits per heavy atom. The molecular formula is C29H29N3O2. The molecule has 0 aliphatic rings. The number of aryl methyl sites for hydroxylation is 4. The minimum absolute atomic E-state index is 0.456. The van der Waals surface area contributed by atoms with Crippen molar-refractivity contribution in [1.29, 1.82) is 5.26 Å². The average Bonchev–Trinajstić information content (AvgIpc) is 3.21. The lowest BCUT2D eigenvalue weighted by molar-refractivity contribution is 0.269. The van der Waals surface area contributed by atoms with E-state index in [2.05, 4.69) is 68.0 Å². The van der Waals surface area contributed by atoms with E-state index < -0.39 is 0 Å². The van der Waals surface area contributed by atoms with E-state index in [-0.39, 0.29) is 0 Å². The van der Waals surface area contributed by atoms with Gasteiger partial charge in [-0.25, -0.2) is 4.98 Å². The van der Waals surface area contributed by atoms with Crippen LogP contribution in [0, 0.1) is 39.0 Å². The molecule has 3 aromatic carbocycles. The van der Waals surface area contributed by atoms with E-state index in [4.69, 9.17) is 9.47 Å². The fourth-order valence-electron chi connectivity index (χ4n) is 3.83. The Bertz CT molecular complexity index is 1380. The van der Waals surface area contributed by atoms with Gasteiger partial charge in [-0.1, -0.05) is 29.8 Å². The Kier molecular flexibility index (Phi) is 6.70. The summed E-state index contributed by atoms with van der Waals surface area (Å²) in [5, 5.41) is 9.83. The van der Waals surface area contributed by atoms with Crippen molar-refractivity contribution in [2.24, 2.45) is 0 Å². The van der Waals surface area contributed by atoms with Gasteiger partial charge in [-0.15, -0.1) is 0 Å². The molecule has 0 spiro atoms. The van der Waals surface area contributed by atoms with Crippen molar-refractivity contribution < 1.29 is 9.47 Å². The number of nitrogens with zero attached hydrogens (tertiary/aromatic N) is 2. The second-order valence-electron chi connectivity index (χ2n) is 8.57. The van der Waals surface area contributed by atoms with Crippen molar-refractivity contribution in [3.05, 3.63) is 87.7 Å². The number of H-pyrrole nitrogens is 1. The van der Waals surface area contributed by atoms with Crippen molar-refractivity contribution in [2.45, 2.75) is 41.2 Å². The summed E-state index contributed by atoms with van der Waals surface area (Å²) < 4.78 is 12.0. The second-order valence-corrected chi connectivity index (χ2v) is 8.57. The number of nitrogens with one attached hydrogen (secondary N) is 1. The van der Waals surface area contributed by atoms with Crippen LogP contribution < -0.4 is 9.47 Å². The van der Waals surface area contributed by atoms with Gasteiger partial charge in [0.1, 0.15) is 18.5 Å². The number of allylic oxidation sites excluding steroid dienone is 1. The predicted molar refractivity (Wildman–Crippen MR) is 137 cm³/mol. The molecule has 1 aromatic heterocycles. The maximum Gasteiger partial charge on any atom is 0.161 e. The van der Waals surface area contributed by atoms with E-state index >= 15 is 0 Å². The van der Waals surface area contributed by atoms with Crippen LogP contribution >= 0.6 is 0 Å². The molecule has 4 rings (SSSR count). The quantitative estimate of drug-likeness (QED) is 0.312. The molecule has 0 saturated carbocycles. The van der Waals surface area contributed by atoms with Gasteiger partial charge in [0.15, 0.2) is 11.5 Å². The third-order valence-corrected chi connectivity index (χ3v) is 5.94. The topological polar surface area (TPSA) is 70.9 Å². The molecule has 0 atom stereocenters. The number of fused-ring (bicyclic) bond motifs is 1. The van der Waals surface area contributed by atoms with E-state index in [9.17, 15) is 5.26 Å². The summed E-state index contributed by atoms with van der Waals surface area (Å²) in [6, 6.07) is 18.4. The van der Waals surface area contributed by atoms with Gasteiger partial charge in [-0.05, 0) is 92.8 Å². The number of nitriles is 1. The number of benzene rings is 3. The highest BCUT2D eigenvalue weighted by Crippen LogP contribution is 2.31. The summed E-state index contributed by atoms with van der Waals surface area (Å²) in [6.07, 6.45) is 1.81. The molecule has 5 heteroatoms. The van der Waals surface area contributed by atoms with Crippen LogP contribution in [-0.4, -0.2) is 16.6 Å². The normalized spacial score (nSPS) is 11.5. The first-order valence-electron chi connectivity index (χ1n) is 11.4. The largest absolute Gasteiger partial charge is 0.490 e. The molecule has 172 valence electrons. The third-order valence-electron chi connectivity index (χ3n) is 5.94. The highest BCUT2D eigenvalue weighted by molar-refractivity contribution is 5.90. The monoisotopic (exact) mass is 451 g/mol. The maximum absolute atomic E-state index is 9.83. The summed E-state index contributed by atoms with van der Waals surface area (Å²) in [6.45, 7) is 11.2. The zero-order chi connectivity index (χ0) is 24.2. The molecule has 0 radical (unpaired) electrons. The van der Waals surface area contributed by atoms with Crippen LogP contribution in [0.15, 0.2) is 48.5 Å². The molecule has 1 N–H and O–H groups in total. The first-order valence-corrected chi connectivity index (χ1v) is 11.4. The van der Waals surface area contributed by atoms with Crippen LogP contribution in [0.25, 0.3) is 22.7 Å². The van der Waals surface area contributed by atoms with E-state index in [1.165, 1.54) is 22.3 Å². The molecule has 0 saturated heterocycles. The average molecular weight is 452 g/mol. The number of hydrogen-bond acceptors (Lipinski definition) is 4. The zero-order valence-corrected chi connectivity index (χ0v) is 20.3. The van der Waals surface area contributed by atoms with Crippen molar-refractivity contribution >= 4 is 22.7 Å². The van der Waals surface area contributed by atoms with Crippen LogP contribution in [0.3, 0.4) is 0 Å². The zero-order valence-electron chi connectivity index (χ0n) is 20.3. The molecule has 4 aromatic rings. The molecule has 1 heterocycles. The highest BCUT2D eigenvalue weighted by atomic mass is 16.5. The minimum atomic E-state index is 0.456. The SMILES string of the molecule is CCOc1cc(/C=C(/C#N)c2nc3cc(C)c(C)cc3[nH]2)ccc1OCc1cc(C)ccc1C. The van der Waals surface area contributed by atoms with Gasteiger partial charge in [-0.3, -0.25) is 0 Å².